The average molecular weight is 332 g/mol. The fourth-order valence-electron chi connectivity index (χ4n) is 3.14. The van der Waals surface area contributed by atoms with E-state index < -0.39 is 0 Å². The van der Waals surface area contributed by atoms with Gasteiger partial charge in [0.15, 0.2) is 0 Å². The number of nitrogens with two attached hydrogens (primary N) is 1. The third-order valence-corrected chi connectivity index (χ3v) is 4.42. The summed E-state index contributed by atoms with van der Waals surface area (Å²) in [5.41, 5.74) is 7.65. The number of pyridine rings is 1. The summed E-state index contributed by atoms with van der Waals surface area (Å²) in [6.07, 6.45) is 5.62. The van der Waals surface area contributed by atoms with Crippen LogP contribution in [0.25, 0.3) is 0 Å². The first kappa shape index (κ1) is 17.3. The number of hydrogen-bond donors (Lipinski definition) is 2. The van der Waals surface area contributed by atoms with Crippen LogP contribution >= 0.6 is 12.4 Å². The smallest absolute Gasteiger partial charge is 0.227 e. The summed E-state index contributed by atoms with van der Waals surface area (Å²) in [4.78, 5) is 16.3. The van der Waals surface area contributed by atoms with Crippen molar-refractivity contribution in [2.75, 3.05) is 11.1 Å². The normalized spacial score (nSPS) is 20.3. The van der Waals surface area contributed by atoms with E-state index in [1.54, 1.807) is 18.3 Å². The highest BCUT2D eigenvalue weighted by Gasteiger charge is 2.27. The topological polar surface area (TPSA) is 68.0 Å². The van der Waals surface area contributed by atoms with Gasteiger partial charge in [0.1, 0.15) is 5.82 Å². The fraction of sp³-hybridized carbons (Fsp3) is 0.333. The van der Waals surface area contributed by atoms with Gasteiger partial charge in [-0.1, -0.05) is 30.3 Å². The van der Waals surface area contributed by atoms with Gasteiger partial charge in [-0.2, -0.15) is 0 Å². The molecular formula is C18H22ClN3O. The first-order chi connectivity index (χ1) is 10.7. The van der Waals surface area contributed by atoms with Crippen LogP contribution in [0.4, 0.5) is 11.5 Å². The molecular weight excluding hydrogens is 310 g/mol. The third-order valence-electron chi connectivity index (χ3n) is 4.42. The van der Waals surface area contributed by atoms with E-state index in [-0.39, 0.29) is 24.2 Å². The number of anilines is 2. The number of aromatic nitrogens is 1. The summed E-state index contributed by atoms with van der Waals surface area (Å²) < 4.78 is 0. The van der Waals surface area contributed by atoms with Crippen molar-refractivity contribution in [1.82, 2.24) is 4.98 Å². The summed E-state index contributed by atoms with van der Waals surface area (Å²) in [5.74, 6) is 1.24. The fourth-order valence-corrected chi connectivity index (χ4v) is 3.14. The van der Waals surface area contributed by atoms with E-state index in [9.17, 15) is 4.79 Å². The van der Waals surface area contributed by atoms with Crippen LogP contribution in [-0.2, 0) is 4.79 Å². The van der Waals surface area contributed by atoms with E-state index in [2.05, 4.69) is 34.6 Å². The molecule has 1 saturated carbocycles. The van der Waals surface area contributed by atoms with E-state index in [1.165, 1.54) is 5.56 Å². The third kappa shape index (κ3) is 4.45. The van der Waals surface area contributed by atoms with Gasteiger partial charge in [-0.15, -0.1) is 12.4 Å². The number of nitrogen functional groups attached to an aromatic ring is 1. The summed E-state index contributed by atoms with van der Waals surface area (Å²) in [6, 6.07) is 14.1. The van der Waals surface area contributed by atoms with Crippen molar-refractivity contribution in [2.24, 2.45) is 5.92 Å². The van der Waals surface area contributed by atoms with E-state index in [1.807, 2.05) is 6.07 Å². The molecule has 1 heterocycles. The van der Waals surface area contributed by atoms with Crippen molar-refractivity contribution >= 4 is 29.8 Å². The molecule has 4 nitrogen and oxygen atoms in total. The quantitative estimate of drug-likeness (QED) is 0.893. The maximum atomic E-state index is 12.3. The molecule has 1 aromatic carbocycles. The summed E-state index contributed by atoms with van der Waals surface area (Å²) >= 11 is 0. The Morgan fingerprint density at radius 2 is 1.74 bits per heavy atom. The zero-order valence-electron chi connectivity index (χ0n) is 12.9. The molecule has 23 heavy (non-hydrogen) atoms. The minimum Gasteiger partial charge on any atom is -0.384 e. The summed E-state index contributed by atoms with van der Waals surface area (Å²) in [6.45, 7) is 0. The Labute approximate surface area is 142 Å². The lowest BCUT2D eigenvalue weighted by Gasteiger charge is -2.28. The maximum absolute atomic E-state index is 12.3. The van der Waals surface area contributed by atoms with Crippen LogP contribution in [0.15, 0.2) is 48.7 Å². The largest absolute Gasteiger partial charge is 0.384 e. The monoisotopic (exact) mass is 331 g/mol. The second-order valence-electron chi connectivity index (χ2n) is 5.92. The van der Waals surface area contributed by atoms with Gasteiger partial charge in [-0.05, 0) is 49.3 Å². The molecule has 0 bridgehead atoms. The van der Waals surface area contributed by atoms with Crippen molar-refractivity contribution < 1.29 is 4.79 Å². The SMILES string of the molecule is Cl.Nc1ccc(NC(=O)C2CCC(c3ccccc3)CC2)cn1. The highest BCUT2D eigenvalue weighted by Crippen LogP contribution is 2.36. The van der Waals surface area contributed by atoms with E-state index in [0.29, 0.717) is 17.4 Å². The molecule has 122 valence electrons. The standard InChI is InChI=1S/C18H21N3O.ClH/c19-17-11-10-16(12-20-17)21-18(22)15-8-6-14(7-9-15)13-4-2-1-3-5-13;/h1-5,10-12,14-15H,6-9H2,(H2,19,20)(H,21,22);1H. The second-order valence-corrected chi connectivity index (χ2v) is 5.92. The number of carbonyl (C=O) groups excluding carboxylic acids is 1. The minimum absolute atomic E-state index is 0. The summed E-state index contributed by atoms with van der Waals surface area (Å²) in [5, 5.41) is 2.94. The predicted molar refractivity (Wildman–Crippen MR) is 95.7 cm³/mol. The lowest BCUT2D eigenvalue weighted by molar-refractivity contribution is -0.120. The second kappa shape index (κ2) is 7.97. The lowest BCUT2D eigenvalue weighted by atomic mass is 9.78. The highest BCUT2D eigenvalue weighted by atomic mass is 35.5. The van der Waals surface area contributed by atoms with Crippen LogP contribution in [0.2, 0.25) is 0 Å². The Hall–Kier alpha value is -2.07. The minimum atomic E-state index is 0. The van der Waals surface area contributed by atoms with Crippen molar-refractivity contribution in [2.45, 2.75) is 31.6 Å². The molecule has 0 unspecified atom stereocenters. The molecule has 0 atom stereocenters. The number of halogens is 1. The van der Waals surface area contributed by atoms with Crippen LogP contribution in [0.5, 0.6) is 0 Å². The van der Waals surface area contributed by atoms with Gasteiger partial charge >= 0.3 is 0 Å². The number of nitrogens with zero attached hydrogens (tertiary/aromatic N) is 1. The van der Waals surface area contributed by atoms with E-state index in [4.69, 9.17) is 5.73 Å². The molecule has 0 aliphatic heterocycles. The van der Waals surface area contributed by atoms with Crippen LogP contribution < -0.4 is 11.1 Å². The van der Waals surface area contributed by atoms with Crippen molar-refractivity contribution in [1.29, 1.82) is 0 Å². The lowest BCUT2D eigenvalue weighted by Crippen LogP contribution is -2.26. The van der Waals surface area contributed by atoms with E-state index >= 15 is 0 Å². The maximum Gasteiger partial charge on any atom is 0.227 e. The van der Waals surface area contributed by atoms with Gasteiger partial charge < -0.3 is 11.1 Å². The number of carbonyl (C=O) groups is 1. The zero-order chi connectivity index (χ0) is 15.4. The average Bonchev–Trinajstić information content (AvgIpc) is 2.58. The molecule has 3 rings (SSSR count). The highest BCUT2D eigenvalue weighted by molar-refractivity contribution is 5.92. The Balaban J connectivity index is 0.00000192. The van der Waals surface area contributed by atoms with Gasteiger partial charge in [0.05, 0.1) is 11.9 Å². The van der Waals surface area contributed by atoms with Gasteiger partial charge in [0.25, 0.3) is 0 Å². The van der Waals surface area contributed by atoms with E-state index in [0.717, 1.165) is 25.7 Å². The van der Waals surface area contributed by atoms with Crippen LogP contribution in [0.3, 0.4) is 0 Å². The molecule has 5 heteroatoms. The number of benzene rings is 1. The Morgan fingerprint density at radius 1 is 1.04 bits per heavy atom. The van der Waals surface area contributed by atoms with Gasteiger partial charge in [0, 0.05) is 5.92 Å². The molecule has 1 aliphatic carbocycles. The molecule has 2 aromatic rings. The van der Waals surface area contributed by atoms with Crippen LogP contribution in [0, 0.1) is 5.92 Å². The molecule has 1 fully saturated rings. The molecule has 1 aliphatic rings. The van der Waals surface area contributed by atoms with Gasteiger partial charge in [-0.25, -0.2) is 4.98 Å². The number of hydrogen-bond acceptors (Lipinski definition) is 3. The molecule has 0 spiro atoms. The predicted octanol–water partition coefficient (Wildman–Crippen LogP) is 4.00. The van der Waals surface area contributed by atoms with Crippen molar-refractivity contribution in [3.8, 4) is 0 Å². The van der Waals surface area contributed by atoms with Crippen molar-refractivity contribution in [3.05, 3.63) is 54.2 Å². The first-order valence-corrected chi connectivity index (χ1v) is 7.79. The van der Waals surface area contributed by atoms with Crippen molar-refractivity contribution in [3.63, 3.8) is 0 Å². The van der Waals surface area contributed by atoms with Crippen LogP contribution in [-0.4, -0.2) is 10.9 Å². The molecule has 0 radical (unpaired) electrons. The number of nitrogens with one attached hydrogen (secondary N) is 1. The van der Waals surface area contributed by atoms with Crippen LogP contribution in [0.1, 0.15) is 37.2 Å². The number of amides is 1. The Morgan fingerprint density at radius 3 is 2.35 bits per heavy atom. The zero-order valence-corrected chi connectivity index (χ0v) is 13.8. The van der Waals surface area contributed by atoms with Gasteiger partial charge in [-0.3, -0.25) is 4.79 Å². The molecule has 1 amide bonds. The first-order valence-electron chi connectivity index (χ1n) is 7.79. The summed E-state index contributed by atoms with van der Waals surface area (Å²) in [7, 11) is 0. The Bertz CT molecular complexity index is 622. The number of rotatable bonds is 3. The molecule has 3 N–H and O–H groups in total. The Kier molecular flexibility index (Phi) is 5.99. The molecule has 0 saturated heterocycles. The molecule has 1 aromatic heterocycles. The van der Waals surface area contributed by atoms with Gasteiger partial charge in [0.2, 0.25) is 5.91 Å².